The van der Waals surface area contributed by atoms with Crippen LogP contribution in [0.15, 0.2) is 17.5 Å². The maximum absolute atomic E-state index is 12.5. The number of rotatable bonds is 14. The van der Waals surface area contributed by atoms with Gasteiger partial charge in [-0.25, -0.2) is 10.1 Å². The molecule has 30 heavy (non-hydrogen) atoms. The van der Waals surface area contributed by atoms with Gasteiger partial charge >= 0.3 is 0 Å². The van der Waals surface area contributed by atoms with Gasteiger partial charge in [0.2, 0.25) is 11.8 Å². The number of hydrogen-bond donors (Lipinski definition) is 5. The molecule has 1 unspecified atom stereocenters. The lowest BCUT2D eigenvalue weighted by Crippen LogP contribution is -2.48. The highest BCUT2D eigenvalue weighted by atomic mass is 32.1. The molecule has 1 radical (unpaired) electrons. The molecule has 1 aromatic heterocycles. The summed E-state index contributed by atoms with van der Waals surface area (Å²) in [5.74, 6) is -0.651. The molecule has 0 fully saturated rings. The molecule has 11 heteroatoms. The van der Waals surface area contributed by atoms with E-state index in [1.54, 1.807) is 16.8 Å². The number of carbonyl (C=O) groups excluding carboxylic acids is 2. The fourth-order valence-electron chi connectivity index (χ4n) is 2.56. The van der Waals surface area contributed by atoms with Gasteiger partial charge in [0.15, 0.2) is 5.03 Å². The second kappa shape index (κ2) is 14.3. The van der Waals surface area contributed by atoms with Crippen LogP contribution in [-0.4, -0.2) is 41.9 Å². The molecule has 10 nitrogen and oxygen atoms in total. The van der Waals surface area contributed by atoms with Gasteiger partial charge < -0.3 is 16.0 Å². The van der Waals surface area contributed by atoms with Crippen LogP contribution < -0.4 is 21.4 Å². The van der Waals surface area contributed by atoms with Gasteiger partial charge in [0.1, 0.15) is 6.04 Å². The number of nitrogens with zero attached hydrogens (tertiary/aromatic N) is 1. The SMILES string of the molecule is [CH2]CC(C)CNC(=O)[C@H](CCCNC(=N)N[N+](=O)[O-])NC(=O)CCCc1cccs1. The van der Waals surface area contributed by atoms with E-state index in [2.05, 4.69) is 22.9 Å². The summed E-state index contributed by atoms with van der Waals surface area (Å²) in [5, 5.41) is 27.0. The Balaban J connectivity index is 2.47. The van der Waals surface area contributed by atoms with Gasteiger partial charge in [-0.2, -0.15) is 0 Å². The van der Waals surface area contributed by atoms with Crippen LogP contribution in [0.4, 0.5) is 0 Å². The number of hydrogen-bond acceptors (Lipinski definition) is 6. The van der Waals surface area contributed by atoms with Crippen molar-refractivity contribution >= 4 is 29.1 Å². The summed E-state index contributed by atoms with van der Waals surface area (Å²) < 4.78 is 0. The molecule has 2 atom stereocenters. The third kappa shape index (κ3) is 11.3. The Hall–Kier alpha value is -2.69. The van der Waals surface area contributed by atoms with E-state index in [9.17, 15) is 19.7 Å². The Bertz CT molecular complexity index is 683. The molecule has 1 heterocycles. The smallest absolute Gasteiger partial charge is 0.251 e. The molecule has 5 N–H and O–H groups in total. The molecule has 2 amide bonds. The maximum Gasteiger partial charge on any atom is 0.251 e. The first-order valence-electron chi connectivity index (χ1n) is 9.94. The normalized spacial score (nSPS) is 12.5. The maximum atomic E-state index is 12.5. The number of amides is 2. The van der Waals surface area contributed by atoms with Crippen molar-refractivity contribution in [3.05, 3.63) is 39.4 Å². The molecule has 0 spiro atoms. The minimum atomic E-state index is -0.828. The second-order valence-electron chi connectivity index (χ2n) is 7.00. The molecule has 1 aromatic rings. The summed E-state index contributed by atoms with van der Waals surface area (Å²) in [6.07, 6.45) is 3.32. The number of hydrazine groups is 1. The molecule has 0 aliphatic carbocycles. The third-order valence-electron chi connectivity index (χ3n) is 4.35. The van der Waals surface area contributed by atoms with Crippen LogP contribution in [0.2, 0.25) is 0 Å². The van der Waals surface area contributed by atoms with E-state index in [1.807, 2.05) is 24.4 Å². The zero-order chi connectivity index (χ0) is 22.4. The number of guanidine groups is 1. The average Bonchev–Trinajstić information content (AvgIpc) is 3.21. The molecule has 0 aliphatic heterocycles. The van der Waals surface area contributed by atoms with E-state index in [0.717, 1.165) is 6.42 Å². The first-order valence-corrected chi connectivity index (χ1v) is 10.8. The first-order chi connectivity index (χ1) is 14.3. The highest BCUT2D eigenvalue weighted by Gasteiger charge is 2.20. The Morgan fingerprint density at radius 1 is 1.33 bits per heavy atom. The standard InChI is InChI=1S/C19H31N6O4S/c1-3-14(2)13-22-18(27)16(9-5-11-21-19(20)24-25(28)29)23-17(26)10-4-7-15-8-6-12-30-15/h6,8,12,14,16H,1,3-5,7,9-11,13H2,2H3,(H,22,27)(H,23,26)(H3,20,21,24)/t14?,16-/m0/s1. The molecule has 0 saturated carbocycles. The van der Waals surface area contributed by atoms with Crippen molar-refractivity contribution in [2.24, 2.45) is 5.92 Å². The van der Waals surface area contributed by atoms with Gasteiger partial charge in [0, 0.05) is 24.4 Å². The molecule has 0 saturated heterocycles. The van der Waals surface area contributed by atoms with Crippen LogP contribution in [0.5, 0.6) is 0 Å². The van der Waals surface area contributed by atoms with Crippen molar-refractivity contribution in [2.75, 3.05) is 13.1 Å². The second-order valence-corrected chi connectivity index (χ2v) is 8.04. The lowest BCUT2D eigenvalue weighted by molar-refractivity contribution is -0.525. The monoisotopic (exact) mass is 439 g/mol. The van der Waals surface area contributed by atoms with Crippen LogP contribution in [0.3, 0.4) is 0 Å². The molecule has 167 valence electrons. The van der Waals surface area contributed by atoms with Gasteiger partial charge in [-0.3, -0.25) is 15.0 Å². The number of aryl methyl sites for hydroxylation is 1. The Morgan fingerprint density at radius 3 is 2.73 bits per heavy atom. The van der Waals surface area contributed by atoms with Crippen molar-refractivity contribution in [1.29, 1.82) is 5.41 Å². The molecular formula is C19H31N6O4S. The van der Waals surface area contributed by atoms with Crippen LogP contribution in [0.1, 0.15) is 43.9 Å². The zero-order valence-electron chi connectivity index (χ0n) is 17.2. The van der Waals surface area contributed by atoms with E-state index in [1.165, 1.54) is 4.88 Å². The summed E-state index contributed by atoms with van der Waals surface area (Å²) in [5.41, 5.74) is 1.70. The molecule has 0 aromatic carbocycles. The van der Waals surface area contributed by atoms with Crippen LogP contribution in [0, 0.1) is 28.4 Å². The van der Waals surface area contributed by atoms with Gasteiger partial charge in [-0.1, -0.05) is 25.3 Å². The zero-order valence-corrected chi connectivity index (χ0v) is 18.1. The first kappa shape index (κ1) is 25.3. The quantitative estimate of drug-likeness (QED) is 0.0977. The van der Waals surface area contributed by atoms with Crippen molar-refractivity contribution < 1.29 is 14.6 Å². The number of thiophene rings is 1. The number of nitrogens with one attached hydrogen (secondary N) is 5. The Morgan fingerprint density at radius 2 is 2.10 bits per heavy atom. The Kier molecular flexibility index (Phi) is 12.1. The highest BCUT2D eigenvalue weighted by molar-refractivity contribution is 7.09. The highest BCUT2D eigenvalue weighted by Crippen LogP contribution is 2.12. The number of nitro groups is 1. The average molecular weight is 440 g/mol. The van der Waals surface area contributed by atoms with Gasteiger partial charge in [0.25, 0.3) is 5.96 Å². The van der Waals surface area contributed by atoms with E-state index in [-0.39, 0.29) is 24.3 Å². The summed E-state index contributed by atoms with van der Waals surface area (Å²) in [7, 11) is 0. The fraction of sp³-hybridized carbons (Fsp3) is 0.579. The van der Waals surface area contributed by atoms with Crippen molar-refractivity contribution in [3.8, 4) is 0 Å². The molecule has 0 bridgehead atoms. The van der Waals surface area contributed by atoms with E-state index in [0.29, 0.717) is 38.6 Å². The molecular weight excluding hydrogens is 408 g/mol. The number of carbonyl (C=O) groups is 2. The predicted molar refractivity (Wildman–Crippen MR) is 116 cm³/mol. The van der Waals surface area contributed by atoms with Crippen LogP contribution >= 0.6 is 11.3 Å². The lowest BCUT2D eigenvalue weighted by atomic mass is 10.1. The van der Waals surface area contributed by atoms with Crippen molar-refractivity contribution in [1.82, 2.24) is 21.4 Å². The molecule has 1 rings (SSSR count). The Labute approximate surface area is 180 Å². The fourth-order valence-corrected chi connectivity index (χ4v) is 3.32. The summed E-state index contributed by atoms with van der Waals surface area (Å²) >= 11 is 1.65. The minimum Gasteiger partial charge on any atom is -0.354 e. The third-order valence-corrected chi connectivity index (χ3v) is 5.29. The van der Waals surface area contributed by atoms with Gasteiger partial charge in [0.05, 0.1) is 0 Å². The minimum absolute atomic E-state index is 0.187. The van der Waals surface area contributed by atoms with Crippen molar-refractivity contribution in [2.45, 2.75) is 51.5 Å². The molecule has 0 aliphatic rings. The summed E-state index contributed by atoms with van der Waals surface area (Å²) in [4.78, 5) is 36.3. The lowest BCUT2D eigenvalue weighted by Gasteiger charge is -2.20. The van der Waals surface area contributed by atoms with E-state index in [4.69, 9.17) is 5.41 Å². The largest absolute Gasteiger partial charge is 0.354 e. The van der Waals surface area contributed by atoms with Gasteiger partial charge in [-0.15, -0.1) is 11.3 Å². The van der Waals surface area contributed by atoms with E-state index >= 15 is 0 Å². The summed E-state index contributed by atoms with van der Waals surface area (Å²) in [6, 6.07) is 3.30. The predicted octanol–water partition coefficient (Wildman–Crippen LogP) is 1.62. The van der Waals surface area contributed by atoms with Crippen LogP contribution in [0.25, 0.3) is 0 Å². The van der Waals surface area contributed by atoms with Crippen LogP contribution in [-0.2, 0) is 16.0 Å². The summed E-state index contributed by atoms with van der Waals surface area (Å²) in [6.45, 7) is 6.51. The van der Waals surface area contributed by atoms with Gasteiger partial charge in [-0.05, 0) is 49.5 Å². The van der Waals surface area contributed by atoms with Crippen molar-refractivity contribution in [3.63, 3.8) is 0 Å². The topological polar surface area (TPSA) is 149 Å². The van der Waals surface area contributed by atoms with E-state index < -0.39 is 17.0 Å².